The van der Waals surface area contributed by atoms with Crippen molar-refractivity contribution in [3.63, 3.8) is 0 Å². The van der Waals surface area contributed by atoms with E-state index in [0.717, 1.165) is 0 Å². The number of rotatable bonds is 8. The molecule has 0 radical (unpaired) electrons. The number of nitrogens with two attached hydrogens (primary N) is 1. The van der Waals surface area contributed by atoms with Crippen LogP contribution in [0, 0.1) is 0 Å². The van der Waals surface area contributed by atoms with E-state index in [1.165, 1.54) is 0 Å². The van der Waals surface area contributed by atoms with Gasteiger partial charge in [0.15, 0.2) is 0 Å². The highest BCUT2D eigenvalue weighted by Gasteiger charge is 2.49. The maximum Gasteiger partial charge on any atom is 0.441 e. The van der Waals surface area contributed by atoms with Gasteiger partial charge in [0.2, 0.25) is 5.91 Å². The fraction of sp³-hybridized carbons (Fsp3) is 0.474. The lowest BCUT2D eigenvalue weighted by atomic mass is 9.67. The number of hydrogen-bond acceptors (Lipinski definition) is 8. The van der Waals surface area contributed by atoms with E-state index in [1.54, 1.807) is 25.1 Å². The average molecular weight is 434 g/mol. The number of quaternary nitrogens is 1. The molecule has 1 unspecified atom stereocenters. The number of aromatic carboxylic acids is 1. The molecule has 2 atom stereocenters. The Morgan fingerprint density at radius 2 is 2.13 bits per heavy atom. The van der Waals surface area contributed by atoms with Gasteiger partial charge in [0.25, 0.3) is 0 Å². The molecule has 0 saturated carbocycles. The van der Waals surface area contributed by atoms with E-state index in [9.17, 15) is 24.7 Å². The summed E-state index contributed by atoms with van der Waals surface area (Å²) in [6.07, 6.45) is 1.34. The Bertz CT molecular complexity index is 959. The van der Waals surface area contributed by atoms with Gasteiger partial charge in [0.05, 0.1) is 18.8 Å². The Labute approximate surface area is 178 Å². The molecule has 3 aliphatic rings. The first-order valence-corrected chi connectivity index (χ1v) is 10.2. The largest absolute Gasteiger partial charge is 0.668 e. The number of hydrogen-bond donors (Lipinski definition) is 6. The summed E-state index contributed by atoms with van der Waals surface area (Å²) in [4.78, 5) is 26.0. The van der Waals surface area contributed by atoms with Crippen molar-refractivity contribution in [3.05, 3.63) is 29.3 Å². The molecular formula is C19H27BN4O7. The first-order valence-electron chi connectivity index (χ1n) is 10.2. The molecule has 2 heterocycles. The first-order chi connectivity index (χ1) is 14.5. The Hall–Kier alpha value is -2.64. The van der Waals surface area contributed by atoms with Gasteiger partial charge < -0.3 is 41.3 Å². The molecule has 0 aromatic heterocycles. The summed E-state index contributed by atoms with van der Waals surface area (Å²) in [7, 11) is 0. The number of allylic oxidation sites excluding steroid dienone is 2. The van der Waals surface area contributed by atoms with Gasteiger partial charge in [-0.1, -0.05) is 5.57 Å². The molecule has 1 aromatic carbocycles. The Morgan fingerprint density at radius 1 is 1.42 bits per heavy atom. The second-order valence-corrected chi connectivity index (χ2v) is 8.61. The van der Waals surface area contributed by atoms with Gasteiger partial charge in [-0.15, -0.1) is 6.08 Å². The van der Waals surface area contributed by atoms with Crippen molar-refractivity contribution in [1.82, 2.24) is 10.2 Å². The summed E-state index contributed by atoms with van der Waals surface area (Å²) in [5.74, 6) is -2.15. The summed E-state index contributed by atoms with van der Waals surface area (Å²) in [6, 6.07) is 3.22. The van der Waals surface area contributed by atoms with Crippen LogP contribution < -0.4 is 26.2 Å². The minimum atomic E-state index is -3.18. The zero-order chi connectivity index (χ0) is 22.6. The Kier molecular flexibility index (Phi) is 5.22. The number of carbonyl (C=O) groups is 2. The molecule has 1 fully saturated rings. The Balaban J connectivity index is 1.42. The van der Waals surface area contributed by atoms with E-state index in [0.29, 0.717) is 43.9 Å². The molecule has 1 aliphatic carbocycles. The van der Waals surface area contributed by atoms with E-state index in [1.807, 2.05) is 4.90 Å². The van der Waals surface area contributed by atoms with Gasteiger partial charge >= 0.3 is 12.7 Å². The SMILES string of the molecule is CC(N)(CN1CC(Oc2ccc3c(c2C(=O)O)O[B-](O)(O)[C@H]2C=C32)C1)C(=O)NCC[NH3+]. The predicted molar refractivity (Wildman–Crippen MR) is 110 cm³/mol. The molecule has 12 heteroatoms. The molecule has 0 bridgehead atoms. The lowest BCUT2D eigenvalue weighted by molar-refractivity contribution is -0.364. The number of nitrogens with zero attached hydrogens (tertiary/aromatic N) is 1. The van der Waals surface area contributed by atoms with Crippen molar-refractivity contribution >= 4 is 24.2 Å². The average Bonchev–Trinajstić information content (AvgIpc) is 3.45. The van der Waals surface area contributed by atoms with Crippen LogP contribution in [0.3, 0.4) is 0 Å². The minimum Gasteiger partial charge on any atom is -0.668 e. The fourth-order valence-corrected chi connectivity index (χ4v) is 4.08. The number of benzene rings is 1. The number of amides is 1. The van der Waals surface area contributed by atoms with Crippen LogP contribution in [-0.4, -0.2) is 83.1 Å². The molecule has 1 aromatic rings. The standard InChI is InChI=1S/C19H26BN4O7/c1-19(22,18(27)23-5-4-21)9-24-7-10(8-24)30-14-3-2-11-12-6-13(12)20(28,29)31-16(11)15(14)17(25)26/h2-3,6,10,13,28-29H,4-5,7-9,21-22H2,1H3,(H,23,27)(H,25,26)/q-1/p+1/t13-,19?/m0/s1. The highest BCUT2D eigenvalue weighted by molar-refractivity contribution is 6.66. The smallest absolute Gasteiger partial charge is 0.441 e. The van der Waals surface area contributed by atoms with Gasteiger partial charge in [0.1, 0.15) is 23.0 Å². The molecule has 9 N–H and O–H groups in total. The van der Waals surface area contributed by atoms with Gasteiger partial charge in [-0.25, -0.2) is 4.79 Å². The maximum absolute atomic E-state index is 12.2. The molecule has 11 nitrogen and oxygen atoms in total. The summed E-state index contributed by atoms with van der Waals surface area (Å²) >= 11 is 0. The highest BCUT2D eigenvalue weighted by Crippen LogP contribution is 2.57. The summed E-state index contributed by atoms with van der Waals surface area (Å²) in [5, 5.41) is 32.6. The molecule has 1 saturated heterocycles. The molecule has 31 heavy (non-hydrogen) atoms. The number of fused-ring (bicyclic) bond motifs is 3. The van der Waals surface area contributed by atoms with Crippen molar-refractivity contribution in [2.45, 2.75) is 24.4 Å². The number of carboxylic acid groups (broad SMARTS) is 1. The predicted octanol–water partition coefficient (Wildman–Crippen LogP) is -2.39. The zero-order valence-electron chi connectivity index (χ0n) is 17.2. The van der Waals surface area contributed by atoms with E-state index in [2.05, 4.69) is 11.1 Å². The molecule has 0 spiro atoms. The number of likely N-dealkylation sites (tertiary alicyclic amines) is 1. The molecule has 168 valence electrons. The second-order valence-electron chi connectivity index (χ2n) is 8.61. The van der Waals surface area contributed by atoms with Crippen LogP contribution in [0.25, 0.3) is 5.57 Å². The summed E-state index contributed by atoms with van der Waals surface area (Å²) < 4.78 is 11.1. The molecular weight excluding hydrogens is 407 g/mol. The van der Waals surface area contributed by atoms with Crippen LogP contribution in [-0.2, 0) is 4.79 Å². The third kappa shape index (κ3) is 4.00. The molecule has 4 rings (SSSR count). The second kappa shape index (κ2) is 7.50. The van der Waals surface area contributed by atoms with Gasteiger partial charge in [0, 0.05) is 25.2 Å². The van der Waals surface area contributed by atoms with Crippen LogP contribution >= 0.6 is 0 Å². The number of ether oxygens (including phenoxy) is 1. The number of nitrogens with one attached hydrogen (secondary N) is 1. The van der Waals surface area contributed by atoms with Crippen LogP contribution in [0.5, 0.6) is 11.5 Å². The lowest BCUT2D eigenvalue weighted by Gasteiger charge is -2.43. The Morgan fingerprint density at radius 3 is 2.77 bits per heavy atom. The summed E-state index contributed by atoms with van der Waals surface area (Å²) in [5.41, 5.74) is 9.68. The van der Waals surface area contributed by atoms with Crippen LogP contribution in [0.1, 0.15) is 22.8 Å². The normalized spacial score (nSPS) is 23.3. The van der Waals surface area contributed by atoms with Crippen molar-refractivity contribution in [2.24, 2.45) is 5.73 Å². The van der Waals surface area contributed by atoms with Gasteiger partial charge in [-0.3, -0.25) is 9.69 Å². The van der Waals surface area contributed by atoms with Crippen molar-refractivity contribution in [2.75, 3.05) is 32.7 Å². The third-order valence-corrected chi connectivity index (χ3v) is 5.76. The lowest BCUT2D eigenvalue weighted by Crippen LogP contribution is -2.65. The highest BCUT2D eigenvalue weighted by atomic mass is 16.6. The maximum atomic E-state index is 12.2. The van der Waals surface area contributed by atoms with Crippen molar-refractivity contribution in [3.8, 4) is 11.5 Å². The third-order valence-electron chi connectivity index (χ3n) is 5.76. The first kappa shape index (κ1) is 21.6. The minimum absolute atomic E-state index is 0.0888. The van der Waals surface area contributed by atoms with E-state index < -0.39 is 24.1 Å². The number of carbonyl (C=O) groups excluding carboxylic acids is 1. The van der Waals surface area contributed by atoms with Crippen LogP contribution in [0.15, 0.2) is 18.2 Å². The van der Waals surface area contributed by atoms with Gasteiger partial charge in [-0.2, -0.15) is 0 Å². The van der Waals surface area contributed by atoms with E-state index >= 15 is 0 Å². The quantitative estimate of drug-likeness (QED) is 0.243. The summed E-state index contributed by atoms with van der Waals surface area (Å²) in [6.45, 7) is 0.761. The van der Waals surface area contributed by atoms with Crippen molar-refractivity contribution < 1.29 is 39.9 Å². The van der Waals surface area contributed by atoms with Gasteiger partial charge in [-0.05, 0) is 24.9 Å². The topological polar surface area (TPSA) is 182 Å². The van der Waals surface area contributed by atoms with E-state index in [-0.39, 0.29) is 29.1 Å². The molecule has 2 aliphatic heterocycles. The fourth-order valence-electron chi connectivity index (χ4n) is 4.08. The van der Waals surface area contributed by atoms with E-state index in [4.69, 9.17) is 15.1 Å². The van der Waals surface area contributed by atoms with Crippen LogP contribution in [0.4, 0.5) is 0 Å². The zero-order valence-corrected chi connectivity index (χ0v) is 17.2. The van der Waals surface area contributed by atoms with Crippen LogP contribution in [0.2, 0.25) is 5.82 Å². The van der Waals surface area contributed by atoms with Crippen molar-refractivity contribution in [1.29, 1.82) is 0 Å². The molecule has 1 amide bonds. The number of carboxylic acids is 1. The monoisotopic (exact) mass is 434 g/mol.